The van der Waals surface area contributed by atoms with Crippen molar-refractivity contribution in [1.82, 2.24) is 9.97 Å². The average Bonchev–Trinajstić information content (AvgIpc) is 2.56. The number of benzene rings is 1. The Morgan fingerprint density at radius 2 is 1.82 bits per heavy atom. The maximum atomic E-state index is 12.3. The molecule has 22 heavy (non-hydrogen) atoms. The van der Waals surface area contributed by atoms with Gasteiger partial charge in [0.15, 0.2) is 0 Å². The Hall–Kier alpha value is -1.94. The molecule has 0 saturated heterocycles. The monoisotopic (exact) mass is 316 g/mol. The molecule has 0 aliphatic heterocycles. The van der Waals surface area contributed by atoms with Crippen LogP contribution >= 0.6 is 11.6 Å². The number of hydrogen-bond acceptors (Lipinski definition) is 4. The Morgan fingerprint density at radius 1 is 1.09 bits per heavy atom. The number of carbonyl (C=O) groups excluding carboxylic acids is 1. The second-order valence-corrected chi connectivity index (χ2v) is 5.78. The molecule has 114 valence electrons. The van der Waals surface area contributed by atoms with Gasteiger partial charge in [-0.15, -0.1) is 0 Å². The largest absolute Gasteiger partial charge is 0.490 e. The van der Waals surface area contributed by atoms with Gasteiger partial charge in [-0.1, -0.05) is 6.42 Å². The topological polar surface area (TPSA) is 52.1 Å². The molecule has 0 unspecified atom stereocenters. The molecular formula is C17H17ClN2O2. The first-order valence-electron chi connectivity index (χ1n) is 7.52. The van der Waals surface area contributed by atoms with Crippen molar-refractivity contribution >= 4 is 17.4 Å². The Bertz CT molecular complexity index is 652. The van der Waals surface area contributed by atoms with E-state index in [2.05, 4.69) is 9.97 Å². The number of rotatable bonds is 4. The molecule has 0 atom stereocenters. The lowest BCUT2D eigenvalue weighted by Gasteiger charge is -2.23. The number of nitrogens with zero attached hydrogens (tertiary/aromatic N) is 2. The molecule has 1 aromatic carbocycles. The van der Waals surface area contributed by atoms with E-state index in [1.165, 1.54) is 25.5 Å². The molecule has 1 heterocycles. The number of hydrogen-bond donors (Lipinski definition) is 0. The summed E-state index contributed by atoms with van der Waals surface area (Å²) >= 11 is 5.72. The minimum atomic E-state index is -0.173. The zero-order valence-corrected chi connectivity index (χ0v) is 12.9. The van der Waals surface area contributed by atoms with Gasteiger partial charge in [0.2, 0.25) is 11.1 Å². The molecule has 0 N–H and O–H groups in total. The normalized spacial score (nSPS) is 15.5. The highest BCUT2D eigenvalue weighted by atomic mass is 35.5. The van der Waals surface area contributed by atoms with Crippen molar-refractivity contribution in [3.63, 3.8) is 0 Å². The molecule has 1 aromatic heterocycles. The number of halogens is 1. The van der Waals surface area contributed by atoms with E-state index in [9.17, 15) is 4.79 Å². The van der Waals surface area contributed by atoms with E-state index in [1.807, 2.05) is 12.1 Å². The minimum absolute atomic E-state index is 0.0723. The number of ketones is 1. The Balaban J connectivity index is 1.69. The average molecular weight is 317 g/mol. The second kappa shape index (κ2) is 6.88. The van der Waals surface area contributed by atoms with E-state index in [-0.39, 0.29) is 11.1 Å². The van der Waals surface area contributed by atoms with Crippen LogP contribution in [-0.4, -0.2) is 21.9 Å². The van der Waals surface area contributed by atoms with Gasteiger partial charge in [-0.05, 0) is 67.6 Å². The first-order valence-corrected chi connectivity index (χ1v) is 7.90. The van der Waals surface area contributed by atoms with Gasteiger partial charge in [-0.3, -0.25) is 4.79 Å². The van der Waals surface area contributed by atoms with Crippen LogP contribution in [0.4, 0.5) is 0 Å². The summed E-state index contributed by atoms with van der Waals surface area (Å²) in [5.74, 6) is 0.637. The Morgan fingerprint density at radius 3 is 2.50 bits per heavy atom. The second-order valence-electron chi connectivity index (χ2n) is 5.44. The number of aromatic nitrogens is 2. The summed E-state index contributed by atoms with van der Waals surface area (Å²) in [7, 11) is 0. The quantitative estimate of drug-likeness (QED) is 0.630. The predicted octanol–water partition coefficient (Wildman–Crippen LogP) is 4.07. The molecule has 2 aromatic rings. The molecule has 0 bridgehead atoms. The predicted molar refractivity (Wildman–Crippen MR) is 84.4 cm³/mol. The van der Waals surface area contributed by atoms with Gasteiger partial charge in [0, 0.05) is 11.8 Å². The van der Waals surface area contributed by atoms with Gasteiger partial charge >= 0.3 is 0 Å². The number of ether oxygens (including phenoxy) is 1. The molecule has 5 heteroatoms. The summed E-state index contributed by atoms with van der Waals surface area (Å²) in [5, 5.41) is 0.0723. The SMILES string of the molecule is O=C(c1ccc(OC2CCCCC2)cc1)c1ccnc(Cl)n1. The van der Waals surface area contributed by atoms with Gasteiger partial charge < -0.3 is 4.74 Å². The van der Waals surface area contributed by atoms with Crippen molar-refractivity contribution in [3.8, 4) is 5.75 Å². The van der Waals surface area contributed by atoms with Crippen LogP contribution in [0.1, 0.15) is 48.2 Å². The van der Waals surface area contributed by atoms with Gasteiger partial charge in [0.05, 0.1) is 6.10 Å². The highest BCUT2D eigenvalue weighted by Gasteiger charge is 2.15. The van der Waals surface area contributed by atoms with Crippen LogP contribution in [-0.2, 0) is 0 Å². The lowest BCUT2D eigenvalue weighted by atomic mass is 9.98. The van der Waals surface area contributed by atoms with Gasteiger partial charge in [-0.2, -0.15) is 0 Å². The van der Waals surface area contributed by atoms with Crippen LogP contribution < -0.4 is 4.74 Å². The van der Waals surface area contributed by atoms with E-state index in [1.54, 1.807) is 18.2 Å². The van der Waals surface area contributed by atoms with Gasteiger partial charge in [0.1, 0.15) is 11.4 Å². The molecular weight excluding hydrogens is 300 g/mol. The van der Waals surface area contributed by atoms with E-state index >= 15 is 0 Å². The fraction of sp³-hybridized carbons (Fsp3) is 0.353. The van der Waals surface area contributed by atoms with Crippen molar-refractivity contribution in [2.45, 2.75) is 38.2 Å². The van der Waals surface area contributed by atoms with Crippen LogP contribution in [0.2, 0.25) is 5.28 Å². The van der Waals surface area contributed by atoms with E-state index < -0.39 is 0 Å². The van der Waals surface area contributed by atoms with Gasteiger partial charge in [-0.25, -0.2) is 9.97 Å². The summed E-state index contributed by atoms with van der Waals surface area (Å²) in [6, 6.07) is 8.75. The third-order valence-corrected chi connectivity index (χ3v) is 4.01. The van der Waals surface area contributed by atoms with Crippen LogP contribution in [0.3, 0.4) is 0 Å². The maximum Gasteiger partial charge on any atom is 0.222 e. The Labute approximate surface area is 134 Å². The van der Waals surface area contributed by atoms with Crippen molar-refractivity contribution in [1.29, 1.82) is 0 Å². The highest BCUT2D eigenvalue weighted by molar-refractivity contribution is 6.28. The molecule has 0 radical (unpaired) electrons. The smallest absolute Gasteiger partial charge is 0.222 e. The van der Waals surface area contributed by atoms with Crippen molar-refractivity contribution < 1.29 is 9.53 Å². The summed E-state index contributed by atoms with van der Waals surface area (Å²) in [5.41, 5.74) is 0.853. The lowest BCUT2D eigenvalue weighted by molar-refractivity contribution is 0.103. The minimum Gasteiger partial charge on any atom is -0.490 e. The van der Waals surface area contributed by atoms with Crippen LogP contribution in [0, 0.1) is 0 Å². The summed E-state index contributed by atoms with van der Waals surface area (Å²) in [4.78, 5) is 20.0. The van der Waals surface area contributed by atoms with Crippen LogP contribution in [0.5, 0.6) is 5.75 Å². The molecule has 4 nitrogen and oxygen atoms in total. The van der Waals surface area contributed by atoms with E-state index in [0.29, 0.717) is 17.4 Å². The molecule has 1 aliphatic rings. The molecule has 3 rings (SSSR count). The molecule has 0 spiro atoms. The first kappa shape index (κ1) is 15.0. The third-order valence-electron chi connectivity index (χ3n) is 3.83. The first-order chi connectivity index (χ1) is 10.7. The molecule has 1 saturated carbocycles. The van der Waals surface area contributed by atoms with E-state index in [4.69, 9.17) is 16.3 Å². The van der Waals surface area contributed by atoms with Crippen molar-refractivity contribution in [3.05, 3.63) is 53.1 Å². The fourth-order valence-electron chi connectivity index (χ4n) is 2.67. The zero-order chi connectivity index (χ0) is 15.4. The fourth-order valence-corrected chi connectivity index (χ4v) is 2.82. The number of carbonyl (C=O) groups is 1. The Kier molecular flexibility index (Phi) is 4.68. The molecule has 0 amide bonds. The van der Waals surface area contributed by atoms with Gasteiger partial charge in [0.25, 0.3) is 0 Å². The standard InChI is InChI=1S/C17H17ClN2O2/c18-17-19-11-10-15(20-17)16(21)12-6-8-14(9-7-12)22-13-4-2-1-3-5-13/h6-11,13H,1-5H2. The molecule has 1 fully saturated rings. The summed E-state index contributed by atoms with van der Waals surface area (Å²) in [6.07, 6.45) is 7.76. The summed E-state index contributed by atoms with van der Waals surface area (Å²) in [6.45, 7) is 0. The van der Waals surface area contributed by atoms with Crippen LogP contribution in [0.15, 0.2) is 36.5 Å². The highest BCUT2D eigenvalue weighted by Crippen LogP contribution is 2.24. The molecule has 1 aliphatic carbocycles. The van der Waals surface area contributed by atoms with E-state index in [0.717, 1.165) is 18.6 Å². The third kappa shape index (κ3) is 3.63. The van der Waals surface area contributed by atoms with Crippen LogP contribution in [0.25, 0.3) is 0 Å². The maximum absolute atomic E-state index is 12.3. The zero-order valence-electron chi connectivity index (χ0n) is 12.2. The summed E-state index contributed by atoms with van der Waals surface area (Å²) < 4.78 is 5.96. The van der Waals surface area contributed by atoms with Crippen molar-refractivity contribution in [2.24, 2.45) is 0 Å². The lowest BCUT2D eigenvalue weighted by Crippen LogP contribution is -2.19. The van der Waals surface area contributed by atoms with Crippen molar-refractivity contribution in [2.75, 3.05) is 0 Å².